The summed E-state index contributed by atoms with van der Waals surface area (Å²) >= 11 is 0. The molecule has 0 bridgehead atoms. The van der Waals surface area contributed by atoms with Gasteiger partial charge in [-0.2, -0.15) is 0 Å². The first-order valence-electron chi connectivity index (χ1n) is 12.8. The van der Waals surface area contributed by atoms with Gasteiger partial charge in [0.05, 0.1) is 12.7 Å². The van der Waals surface area contributed by atoms with E-state index in [-0.39, 0.29) is 24.1 Å². The normalized spacial score (nSPS) is 14.6. The van der Waals surface area contributed by atoms with E-state index in [4.69, 9.17) is 9.15 Å². The predicted octanol–water partition coefficient (Wildman–Crippen LogP) is 4.12. The molecule has 196 valence electrons. The molecule has 36 heavy (non-hydrogen) atoms. The highest BCUT2D eigenvalue weighted by Crippen LogP contribution is 2.34. The lowest BCUT2D eigenvalue weighted by molar-refractivity contribution is -0.128. The summed E-state index contributed by atoms with van der Waals surface area (Å²) in [7, 11) is 1.29. The largest absolute Gasteiger partial charge is 0.465 e. The van der Waals surface area contributed by atoms with E-state index >= 15 is 0 Å². The zero-order valence-corrected chi connectivity index (χ0v) is 21.9. The van der Waals surface area contributed by atoms with Crippen molar-refractivity contribution in [2.45, 2.75) is 84.3 Å². The Morgan fingerprint density at radius 3 is 2.47 bits per heavy atom. The molecule has 8 heteroatoms. The standard InChI is InChI=1S/C28H38N2O6/c1-6-20(14-15-31)30(27(33)21-11-9-12-22(18(21)4)28(34)35-5)25(26(32)29-17(2)3)24-16-19-10-7-8-13-23(19)36-24/h9,11-12,16-17,20,25,31H,6-8,10,13-15H2,1-5H3,(H,29,32)/t20-,25?/m0/s1. The Morgan fingerprint density at radius 2 is 1.86 bits per heavy atom. The summed E-state index contributed by atoms with van der Waals surface area (Å²) in [6, 6.07) is 5.18. The molecule has 0 aliphatic heterocycles. The Bertz CT molecular complexity index is 1070. The minimum absolute atomic E-state index is 0.142. The van der Waals surface area contributed by atoms with E-state index in [1.165, 1.54) is 12.0 Å². The third kappa shape index (κ3) is 5.81. The van der Waals surface area contributed by atoms with Crippen LogP contribution in [0.3, 0.4) is 0 Å². The molecule has 0 saturated carbocycles. The lowest BCUT2D eigenvalue weighted by Crippen LogP contribution is -2.50. The number of amides is 2. The van der Waals surface area contributed by atoms with Gasteiger partial charge in [-0.3, -0.25) is 9.59 Å². The van der Waals surface area contributed by atoms with Gasteiger partial charge in [0.2, 0.25) is 0 Å². The van der Waals surface area contributed by atoms with E-state index in [1.54, 1.807) is 25.1 Å². The number of carbonyl (C=O) groups is 3. The maximum atomic E-state index is 14.2. The number of nitrogens with zero attached hydrogens (tertiary/aromatic N) is 1. The van der Waals surface area contributed by atoms with Crippen LogP contribution in [0.4, 0.5) is 0 Å². The number of carbonyl (C=O) groups excluding carboxylic acids is 3. The number of hydrogen-bond acceptors (Lipinski definition) is 6. The van der Waals surface area contributed by atoms with Gasteiger partial charge in [0.15, 0.2) is 6.04 Å². The van der Waals surface area contributed by atoms with E-state index in [1.807, 2.05) is 26.8 Å². The summed E-state index contributed by atoms with van der Waals surface area (Å²) in [5, 5.41) is 12.8. The molecular weight excluding hydrogens is 460 g/mol. The predicted molar refractivity (Wildman–Crippen MR) is 136 cm³/mol. The van der Waals surface area contributed by atoms with Crippen molar-refractivity contribution < 1.29 is 28.6 Å². The quantitative estimate of drug-likeness (QED) is 0.477. The fourth-order valence-electron chi connectivity index (χ4n) is 4.92. The molecule has 1 aromatic heterocycles. The van der Waals surface area contributed by atoms with Crippen LogP contribution in [-0.2, 0) is 22.4 Å². The van der Waals surface area contributed by atoms with Crippen molar-refractivity contribution in [2.24, 2.45) is 0 Å². The van der Waals surface area contributed by atoms with Gasteiger partial charge in [0, 0.05) is 30.7 Å². The minimum Gasteiger partial charge on any atom is -0.465 e. The van der Waals surface area contributed by atoms with Gasteiger partial charge in [0.25, 0.3) is 11.8 Å². The van der Waals surface area contributed by atoms with Crippen LogP contribution in [0.5, 0.6) is 0 Å². The molecule has 0 fully saturated rings. The third-order valence-electron chi connectivity index (χ3n) is 6.77. The van der Waals surface area contributed by atoms with E-state index in [2.05, 4.69) is 5.32 Å². The van der Waals surface area contributed by atoms with Crippen molar-refractivity contribution >= 4 is 17.8 Å². The fourth-order valence-corrected chi connectivity index (χ4v) is 4.92. The molecule has 1 aliphatic rings. The van der Waals surface area contributed by atoms with E-state index in [0.29, 0.717) is 29.7 Å². The summed E-state index contributed by atoms with van der Waals surface area (Å²) in [5.74, 6) is -0.00000845. The topological polar surface area (TPSA) is 109 Å². The van der Waals surface area contributed by atoms with Crippen LogP contribution in [0, 0.1) is 6.92 Å². The van der Waals surface area contributed by atoms with Crippen LogP contribution in [-0.4, -0.2) is 53.6 Å². The van der Waals surface area contributed by atoms with Gasteiger partial charge < -0.3 is 24.5 Å². The molecule has 2 amide bonds. The maximum absolute atomic E-state index is 14.2. The monoisotopic (exact) mass is 498 g/mol. The van der Waals surface area contributed by atoms with Gasteiger partial charge in [-0.15, -0.1) is 0 Å². The van der Waals surface area contributed by atoms with E-state index < -0.39 is 24.0 Å². The molecule has 1 aromatic carbocycles. The average molecular weight is 499 g/mol. The zero-order valence-electron chi connectivity index (χ0n) is 21.9. The number of benzene rings is 1. The first kappa shape index (κ1) is 27.5. The molecule has 3 rings (SSSR count). The average Bonchev–Trinajstić information content (AvgIpc) is 3.28. The van der Waals surface area contributed by atoms with Crippen LogP contribution in [0.25, 0.3) is 0 Å². The van der Waals surface area contributed by atoms with Gasteiger partial charge in [-0.25, -0.2) is 4.79 Å². The van der Waals surface area contributed by atoms with E-state index in [9.17, 15) is 19.5 Å². The molecule has 2 aromatic rings. The zero-order chi connectivity index (χ0) is 26.4. The Balaban J connectivity index is 2.18. The van der Waals surface area contributed by atoms with Crippen molar-refractivity contribution in [1.82, 2.24) is 10.2 Å². The number of esters is 1. The van der Waals surface area contributed by atoms with Gasteiger partial charge >= 0.3 is 5.97 Å². The molecule has 1 unspecified atom stereocenters. The second-order valence-electron chi connectivity index (χ2n) is 9.63. The smallest absolute Gasteiger partial charge is 0.338 e. The third-order valence-corrected chi connectivity index (χ3v) is 6.77. The number of furan rings is 1. The van der Waals surface area contributed by atoms with Gasteiger partial charge in [-0.05, 0) is 82.2 Å². The van der Waals surface area contributed by atoms with Crippen LogP contribution >= 0.6 is 0 Å². The van der Waals surface area contributed by atoms with Crippen molar-refractivity contribution in [1.29, 1.82) is 0 Å². The first-order valence-corrected chi connectivity index (χ1v) is 12.8. The van der Waals surface area contributed by atoms with Crippen LogP contribution in [0.1, 0.15) is 95.9 Å². The summed E-state index contributed by atoms with van der Waals surface area (Å²) in [6.07, 6.45) is 4.57. The Labute approximate surface area is 213 Å². The highest BCUT2D eigenvalue weighted by molar-refractivity contribution is 6.02. The van der Waals surface area contributed by atoms with Crippen LogP contribution in [0.2, 0.25) is 0 Å². The summed E-state index contributed by atoms with van der Waals surface area (Å²) < 4.78 is 11.1. The number of rotatable bonds is 10. The van der Waals surface area contributed by atoms with Gasteiger partial charge in [-0.1, -0.05) is 13.0 Å². The SMILES string of the molecule is CC[C@@H](CCO)N(C(=O)c1cccc(C(=O)OC)c1C)C(C(=O)NC(C)C)c1cc2c(o1)CCCC2. The summed E-state index contributed by atoms with van der Waals surface area (Å²) in [4.78, 5) is 41.7. The molecule has 1 heterocycles. The molecule has 1 aliphatic carbocycles. The second kappa shape index (κ2) is 12.2. The summed E-state index contributed by atoms with van der Waals surface area (Å²) in [6.45, 7) is 7.20. The number of ether oxygens (including phenoxy) is 1. The number of fused-ring (bicyclic) bond motifs is 1. The van der Waals surface area contributed by atoms with Crippen LogP contribution < -0.4 is 5.32 Å². The Morgan fingerprint density at radius 1 is 1.17 bits per heavy atom. The van der Waals surface area contributed by atoms with Crippen molar-refractivity contribution in [3.63, 3.8) is 0 Å². The molecule has 2 atom stereocenters. The Hall–Kier alpha value is -3.13. The summed E-state index contributed by atoms with van der Waals surface area (Å²) in [5.41, 5.74) is 2.13. The fraction of sp³-hybridized carbons (Fsp3) is 0.536. The van der Waals surface area contributed by atoms with Crippen molar-refractivity contribution in [3.8, 4) is 0 Å². The lowest BCUT2D eigenvalue weighted by atomic mass is 9.96. The molecule has 0 radical (unpaired) electrons. The molecular formula is C28H38N2O6. The van der Waals surface area contributed by atoms with E-state index in [0.717, 1.165) is 37.0 Å². The van der Waals surface area contributed by atoms with Crippen molar-refractivity contribution in [3.05, 3.63) is 58.0 Å². The van der Waals surface area contributed by atoms with Crippen molar-refractivity contribution in [2.75, 3.05) is 13.7 Å². The van der Waals surface area contributed by atoms with Crippen LogP contribution in [0.15, 0.2) is 28.7 Å². The Kier molecular flexibility index (Phi) is 9.31. The number of aliphatic hydroxyl groups is 1. The highest BCUT2D eigenvalue weighted by Gasteiger charge is 2.39. The highest BCUT2D eigenvalue weighted by atomic mass is 16.5. The number of aryl methyl sites for hydroxylation is 2. The first-order chi connectivity index (χ1) is 17.2. The minimum atomic E-state index is -1.02. The molecule has 8 nitrogen and oxygen atoms in total. The molecule has 0 saturated heterocycles. The number of methoxy groups -OCH3 is 1. The lowest BCUT2D eigenvalue weighted by Gasteiger charge is -2.37. The molecule has 0 spiro atoms. The maximum Gasteiger partial charge on any atom is 0.338 e. The number of aliphatic hydroxyl groups excluding tert-OH is 1. The molecule has 2 N–H and O–H groups in total. The number of hydrogen-bond donors (Lipinski definition) is 2. The van der Waals surface area contributed by atoms with Gasteiger partial charge in [0.1, 0.15) is 11.5 Å². The number of nitrogens with one attached hydrogen (secondary N) is 1. The second-order valence-corrected chi connectivity index (χ2v) is 9.63.